The van der Waals surface area contributed by atoms with Crippen LogP contribution in [-0.4, -0.2) is 0 Å². The zero-order valence-corrected chi connectivity index (χ0v) is 28.6. The van der Waals surface area contributed by atoms with Crippen molar-refractivity contribution in [2.24, 2.45) is 0 Å². The van der Waals surface area contributed by atoms with Gasteiger partial charge in [0.2, 0.25) is 0 Å². The lowest BCUT2D eigenvalue weighted by molar-refractivity contribution is 1.28. The van der Waals surface area contributed by atoms with Crippen molar-refractivity contribution < 1.29 is 0 Å². The highest BCUT2D eigenvalue weighted by atomic mass is 15.1. The quantitative estimate of drug-likeness (QED) is 0.112. The van der Waals surface area contributed by atoms with E-state index >= 15 is 0 Å². The van der Waals surface area contributed by atoms with E-state index in [0.29, 0.717) is 0 Å². The lowest BCUT2D eigenvalue weighted by Gasteiger charge is -2.24. The van der Waals surface area contributed by atoms with E-state index in [1.165, 1.54) is 11.1 Å². The summed E-state index contributed by atoms with van der Waals surface area (Å²) < 4.78 is 0. The molecule has 246 valence electrons. The molecule has 51 heavy (non-hydrogen) atoms. The monoisotopic (exact) mass is 655 g/mol. The third kappa shape index (κ3) is 10.6. The standard InChI is InChI=1S/C50H41N/c1(9-21-42-23-13-5-14-24-42)3-11-27-44-33-37-48(38-34-44)51(41-50(46-29-17-7-18-30-46)47-31-19-8-20-32-47)49-39-35-45(36-40-49)28-12-4-2-10-22-43-25-15-6-16-26-43/h1-41H/b3-1+,4-2+,21-9+,22-10+,27-11+,28-12+. The van der Waals surface area contributed by atoms with Gasteiger partial charge in [-0.15, -0.1) is 0 Å². The Morgan fingerprint density at radius 3 is 0.922 bits per heavy atom. The molecular weight excluding hydrogens is 615 g/mol. The topological polar surface area (TPSA) is 3.24 Å². The first-order chi connectivity index (χ1) is 25.3. The normalized spacial score (nSPS) is 11.8. The van der Waals surface area contributed by atoms with Gasteiger partial charge >= 0.3 is 0 Å². The molecule has 0 aromatic heterocycles. The van der Waals surface area contributed by atoms with Gasteiger partial charge < -0.3 is 4.90 Å². The zero-order chi connectivity index (χ0) is 34.8. The van der Waals surface area contributed by atoms with Gasteiger partial charge in [-0.05, 0) is 57.6 Å². The van der Waals surface area contributed by atoms with E-state index in [2.05, 4.69) is 217 Å². The van der Waals surface area contributed by atoms with Gasteiger partial charge in [-0.1, -0.05) is 219 Å². The highest BCUT2D eigenvalue weighted by molar-refractivity contribution is 5.84. The van der Waals surface area contributed by atoms with Crippen LogP contribution >= 0.6 is 0 Å². The van der Waals surface area contributed by atoms with E-state index in [0.717, 1.165) is 39.2 Å². The minimum atomic E-state index is 1.08. The molecule has 0 unspecified atom stereocenters. The fraction of sp³-hybridized carbons (Fsp3) is 0. The maximum Gasteiger partial charge on any atom is 0.0456 e. The SMILES string of the molecule is C(=C(c1ccccc1)c1ccccc1)N(c1ccc(/C=C/C=C/C=C/c2ccccc2)cc1)c1ccc(/C=C/C=C/C=C/c2ccccc2)cc1. The average molecular weight is 656 g/mol. The number of rotatable bonds is 13. The molecule has 0 aliphatic rings. The van der Waals surface area contributed by atoms with Gasteiger partial charge in [0.25, 0.3) is 0 Å². The van der Waals surface area contributed by atoms with E-state index in [9.17, 15) is 0 Å². The Labute approximate surface area is 303 Å². The Morgan fingerprint density at radius 1 is 0.294 bits per heavy atom. The summed E-state index contributed by atoms with van der Waals surface area (Å²) in [5.74, 6) is 0. The predicted molar refractivity (Wildman–Crippen MR) is 222 cm³/mol. The second-order valence-electron chi connectivity index (χ2n) is 11.9. The second kappa shape index (κ2) is 18.7. The Bertz CT molecular complexity index is 1980. The molecule has 0 aliphatic heterocycles. The van der Waals surface area contributed by atoms with E-state index in [1.54, 1.807) is 0 Å². The van der Waals surface area contributed by atoms with Crippen LogP contribution in [-0.2, 0) is 0 Å². The van der Waals surface area contributed by atoms with Crippen LogP contribution in [0.25, 0.3) is 29.9 Å². The zero-order valence-electron chi connectivity index (χ0n) is 28.6. The largest absolute Gasteiger partial charge is 0.317 e. The van der Waals surface area contributed by atoms with E-state index in [4.69, 9.17) is 0 Å². The molecule has 0 fully saturated rings. The summed E-state index contributed by atoms with van der Waals surface area (Å²) in [7, 11) is 0. The smallest absolute Gasteiger partial charge is 0.0456 e. The molecule has 0 heterocycles. The molecule has 6 aromatic carbocycles. The van der Waals surface area contributed by atoms with Crippen molar-refractivity contribution in [2.75, 3.05) is 4.90 Å². The molecular formula is C50H41N. The summed E-state index contributed by atoms with van der Waals surface area (Å²) in [5.41, 5.74) is 10.3. The molecule has 0 saturated heterocycles. The lowest BCUT2D eigenvalue weighted by Crippen LogP contribution is -2.10. The molecule has 0 atom stereocenters. The van der Waals surface area contributed by atoms with Crippen molar-refractivity contribution in [3.63, 3.8) is 0 Å². The van der Waals surface area contributed by atoms with Crippen LogP contribution in [0.1, 0.15) is 33.4 Å². The van der Waals surface area contributed by atoms with Crippen molar-refractivity contribution in [2.45, 2.75) is 0 Å². The fourth-order valence-electron chi connectivity index (χ4n) is 5.52. The van der Waals surface area contributed by atoms with Crippen LogP contribution in [0, 0.1) is 0 Å². The summed E-state index contributed by atoms with van der Waals surface area (Å²) in [4.78, 5) is 2.28. The third-order valence-corrected chi connectivity index (χ3v) is 8.19. The maximum atomic E-state index is 2.28. The minimum absolute atomic E-state index is 1.08. The van der Waals surface area contributed by atoms with Gasteiger partial charge in [0.15, 0.2) is 0 Å². The Hall–Kier alpha value is -6.70. The maximum absolute atomic E-state index is 2.28. The Kier molecular flexibility index (Phi) is 12.6. The summed E-state index contributed by atoms with van der Waals surface area (Å²) in [5, 5.41) is 0. The molecule has 0 aliphatic carbocycles. The van der Waals surface area contributed by atoms with Gasteiger partial charge in [-0.25, -0.2) is 0 Å². The van der Waals surface area contributed by atoms with Gasteiger partial charge in [-0.3, -0.25) is 0 Å². The van der Waals surface area contributed by atoms with Crippen LogP contribution in [0.5, 0.6) is 0 Å². The molecule has 0 saturated carbocycles. The van der Waals surface area contributed by atoms with Crippen molar-refractivity contribution >= 4 is 41.3 Å². The van der Waals surface area contributed by atoms with Crippen LogP contribution in [0.4, 0.5) is 11.4 Å². The fourth-order valence-corrected chi connectivity index (χ4v) is 5.52. The van der Waals surface area contributed by atoms with Gasteiger partial charge in [0.05, 0.1) is 0 Å². The Balaban J connectivity index is 1.24. The summed E-state index contributed by atoms with van der Waals surface area (Å²) >= 11 is 0. The average Bonchev–Trinajstić information content (AvgIpc) is 3.20. The molecule has 6 rings (SSSR count). The molecule has 0 amide bonds. The number of benzene rings is 6. The van der Waals surface area contributed by atoms with E-state index in [1.807, 2.05) is 36.4 Å². The highest BCUT2D eigenvalue weighted by Crippen LogP contribution is 2.32. The minimum Gasteiger partial charge on any atom is -0.317 e. The van der Waals surface area contributed by atoms with Crippen LogP contribution in [0.2, 0.25) is 0 Å². The van der Waals surface area contributed by atoms with Gasteiger partial charge in [0, 0.05) is 23.1 Å². The first-order valence-corrected chi connectivity index (χ1v) is 17.3. The highest BCUT2D eigenvalue weighted by Gasteiger charge is 2.12. The van der Waals surface area contributed by atoms with Crippen LogP contribution in [0.3, 0.4) is 0 Å². The Morgan fingerprint density at radius 2 is 0.588 bits per heavy atom. The van der Waals surface area contributed by atoms with E-state index < -0.39 is 0 Å². The van der Waals surface area contributed by atoms with Gasteiger partial charge in [-0.2, -0.15) is 0 Å². The number of anilines is 2. The predicted octanol–water partition coefficient (Wildman–Crippen LogP) is 13.5. The number of allylic oxidation sites excluding steroid dienone is 8. The van der Waals surface area contributed by atoms with Gasteiger partial charge in [0.1, 0.15) is 0 Å². The molecule has 6 aromatic rings. The van der Waals surface area contributed by atoms with Crippen LogP contribution < -0.4 is 4.90 Å². The molecule has 0 radical (unpaired) electrons. The summed E-state index contributed by atoms with van der Waals surface area (Å²) in [6, 6.07) is 59.2. The van der Waals surface area contributed by atoms with Crippen molar-refractivity contribution in [1.29, 1.82) is 0 Å². The summed E-state index contributed by atoms with van der Waals surface area (Å²) in [6.45, 7) is 0. The number of hydrogen-bond donors (Lipinski definition) is 0. The van der Waals surface area contributed by atoms with Crippen molar-refractivity contribution in [3.05, 3.63) is 258 Å². The first-order valence-electron chi connectivity index (χ1n) is 17.3. The van der Waals surface area contributed by atoms with Crippen molar-refractivity contribution in [1.82, 2.24) is 0 Å². The second-order valence-corrected chi connectivity index (χ2v) is 11.9. The number of hydrogen-bond acceptors (Lipinski definition) is 1. The van der Waals surface area contributed by atoms with Crippen molar-refractivity contribution in [3.8, 4) is 0 Å². The summed E-state index contributed by atoms with van der Waals surface area (Å²) in [6.07, 6.45) is 27.2. The molecule has 1 heteroatoms. The molecule has 1 nitrogen and oxygen atoms in total. The third-order valence-electron chi connectivity index (χ3n) is 8.19. The molecule has 0 bridgehead atoms. The number of nitrogens with zero attached hydrogens (tertiary/aromatic N) is 1. The lowest BCUT2D eigenvalue weighted by atomic mass is 9.98. The molecule has 0 spiro atoms. The van der Waals surface area contributed by atoms with E-state index in [-0.39, 0.29) is 0 Å². The van der Waals surface area contributed by atoms with Crippen LogP contribution in [0.15, 0.2) is 225 Å². The first kappa shape index (κ1) is 34.2. The molecule has 0 N–H and O–H groups in total.